The normalized spacial score (nSPS) is 26.2. The van der Waals surface area contributed by atoms with Crippen LogP contribution in [0.5, 0.6) is 0 Å². The molecule has 18 heavy (non-hydrogen) atoms. The highest BCUT2D eigenvalue weighted by molar-refractivity contribution is 6.31. The molecule has 1 aromatic carbocycles. The van der Waals surface area contributed by atoms with E-state index in [2.05, 4.69) is 4.90 Å². The number of nitrogens with zero attached hydrogens (tertiary/aromatic N) is 1. The summed E-state index contributed by atoms with van der Waals surface area (Å²) in [5.41, 5.74) is 1.11. The fourth-order valence-electron chi connectivity index (χ4n) is 2.49. The topological polar surface area (TPSA) is 43.7 Å². The summed E-state index contributed by atoms with van der Waals surface area (Å²) in [7, 11) is 0. The molecule has 0 aromatic heterocycles. The average Bonchev–Trinajstić information content (AvgIpc) is 2.27. The zero-order valence-electron chi connectivity index (χ0n) is 10.9. The van der Waals surface area contributed by atoms with Crippen LogP contribution in [0.1, 0.15) is 38.4 Å². The molecule has 2 N–H and O–H groups in total. The Morgan fingerprint density at radius 3 is 2.72 bits per heavy atom. The van der Waals surface area contributed by atoms with Gasteiger partial charge in [0.15, 0.2) is 0 Å². The number of β-amino-alcohol motifs (C(OH)–C–C–N with tert-alkyl or cyclic N) is 1. The lowest BCUT2D eigenvalue weighted by atomic mass is 9.94. The van der Waals surface area contributed by atoms with Crippen molar-refractivity contribution in [2.75, 3.05) is 18.0 Å². The number of hydrogen-bond acceptors (Lipinski definition) is 3. The van der Waals surface area contributed by atoms with Crippen LogP contribution in [-0.4, -0.2) is 28.9 Å². The van der Waals surface area contributed by atoms with Crippen molar-refractivity contribution in [3.05, 3.63) is 28.8 Å². The summed E-state index contributed by atoms with van der Waals surface area (Å²) in [6.07, 6.45) is 1.25. The molecular formula is C14H20ClNO2. The van der Waals surface area contributed by atoms with Gasteiger partial charge in [0.2, 0.25) is 0 Å². The van der Waals surface area contributed by atoms with Crippen LogP contribution in [0.25, 0.3) is 0 Å². The lowest BCUT2D eigenvalue weighted by Crippen LogP contribution is -2.46. The zero-order valence-corrected chi connectivity index (χ0v) is 11.6. The lowest BCUT2D eigenvalue weighted by molar-refractivity contribution is 0.0449. The lowest BCUT2D eigenvalue weighted by Gasteiger charge is -2.38. The minimum Gasteiger partial charge on any atom is -0.389 e. The minimum absolute atomic E-state index is 0.559. The summed E-state index contributed by atoms with van der Waals surface area (Å²) in [5.74, 6) is 0. The molecule has 0 aliphatic carbocycles. The SMILES string of the molecule is CC(O)c1ccc(N2CCCC(C)(O)C2)cc1Cl. The molecule has 2 unspecified atom stereocenters. The molecule has 100 valence electrons. The van der Waals surface area contributed by atoms with E-state index in [1.165, 1.54) is 0 Å². The molecule has 1 saturated heterocycles. The van der Waals surface area contributed by atoms with E-state index in [-0.39, 0.29) is 0 Å². The average molecular weight is 270 g/mol. The Morgan fingerprint density at radius 1 is 1.44 bits per heavy atom. The van der Waals surface area contributed by atoms with Gasteiger partial charge in [0.1, 0.15) is 0 Å². The molecule has 2 rings (SSSR count). The number of rotatable bonds is 2. The highest BCUT2D eigenvalue weighted by Crippen LogP contribution is 2.31. The molecule has 0 spiro atoms. The van der Waals surface area contributed by atoms with Gasteiger partial charge in [-0.25, -0.2) is 0 Å². The van der Waals surface area contributed by atoms with Crippen molar-refractivity contribution in [3.8, 4) is 0 Å². The van der Waals surface area contributed by atoms with E-state index in [4.69, 9.17) is 11.6 Å². The third-order valence-corrected chi connectivity index (χ3v) is 3.80. The number of hydrogen-bond donors (Lipinski definition) is 2. The van der Waals surface area contributed by atoms with Gasteiger partial charge < -0.3 is 15.1 Å². The van der Waals surface area contributed by atoms with Crippen molar-refractivity contribution >= 4 is 17.3 Å². The van der Waals surface area contributed by atoms with E-state index in [0.29, 0.717) is 11.6 Å². The molecule has 1 aromatic rings. The molecule has 1 fully saturated rings. The number of aliphatic hydroxyl groups excluding tert-OH is 1. The fraction of sp³-hybridized carbons (Fsp3) is 0.571. The maximum Gasteiger partial charge on any atom is 0.0794 e. The van der Waals surface area contributed by atoms with Gasteiger partial charge in [0, 0.05) is 23.8 Å². The number of halogens is 1. The second kappa shape index (κ2) is 5.08. The summed E-state index contributed by atoms with van der Waals surface area (Å²) >= 11 is 6.17. The quantitative estimate of drug-likeness (QED) is 0.868. The Labute approximate surface area is 113 Å². The van der Waals surface area contributed by atoms with Crippen molar-refractivity contribution < 1.29 is 10.2 Å². The van der Waals surface area contributed by atoms with E-state index in [0.717, 1.165) is 30.6 Å². The first kappa shape index (κ1) is 13.7. The van der Waals surface area contributed by atoms with Crippen molar-refractivity contribution in [2.45, 2.75) is 38.4 Å². The molecule has 0 radical (unpaired) electrons. The zero-order chi connectivity index (χ0) is 13.3. The highest BCUT2D eigenvalue weighted by Gasteiger charge is 2.28. The van der Waals surface area contributed by atoms with Crippen LogP contribution < -0.4 is 4.90 Å². The van der Waals surface area contributed by atoms with Crippen molar-refractivity contribution in [1.82, 2.24) is 0 Å². The predicted molar refractivity (Wildman–Crippen MR) is 74.2 cm³/mol. The molecular weight excluding hydrogens is 250 g/mol. The van der Waals surface area contributed by atoms with Crippen LogP contribution in [0, 0.1) is 0 Å². The Kier molecular flexibility index (Phi) is 3.85. The third kappa shape index (κ3) is 2.97. The minimum atomic E-state index is -0.631. The monoisotopic (exact) mass is 269 g/mol. The summed E-state index contributed by atoms with van der Waals surface area (Å²) in [6, 6.07) is 5.67. The second-order valence-corrected chi connectivity index (χ2v) is 5.81. The molecule has 2 atom stereocenters. The number of benzene rings is 1. The van der Waals surface area contributed by atoms with Gasteiger partial charge >= 0.3 is 0 Å². The van der Waals surface area contributed by atoms with Crippen LogP contribution >= 0.6 is 11.6 Å². The van der Waals surface area contributed by atoms with Crippen LogP contribution in [0.3, 0.4) is 0 Å². The van der Waals surface area contributed by atoms with Crippen LogP contribution in [-0.2, 0) is 0 Å². The first-order valence-electron chi connectivity index (χ1n) is 6.34. The summed E-state index contributed by atoms with van der Waals surface area (Å²) in [5, 5.41) is 20.2. The molecule has 3 nitrogen and oxygen atoms in total. The largest absolute Gasteiger partial charge is 0.389 e. The maximum atomic E-state index is 10.1. The Bertz CT molecular complexity index is 432. The first-order valence-corrected chi connectivity index (χ1v) is 6.72. The second-order valence-electron chi connectivity index (χ2n) is 5.40. The van der Waals surface area contributed by atoms with Gasteiger partial charge in [-0.15, -0.1) is 0 Å². The van der Waals surface area contributed by atoms with Gasteiger partial charge in [0.05, 0.1) is 11.7 Å². The third-order valence-electron chi connectivity index (χ3n) is 3.47. The number of anilines is 1. The van der Waals surface area contributed by atoms with E-state index in [1.54, 1.807) is 6.92 Å². The predicted octanol–water partition coefficient (Wildman–Crippen LogP) is 2.74. The summed E-state index contributed by atoms with van der Waals surface area (Å²) in [6.45, 7) is 5.12. The first-order chi connectivity index (χ1) is 8.39. The van der Waals surface area contributed by atoms with Crippen molar-refractivity contribution in [3.63, 3.8) is 0 Å². The molecule has 4 heteroatoms. The van der Waals surface area contributed by atoms with Gasteiger partial charge in [-0.05, 0) is 44.4 Å². The molecule has 0 saturated carbocycles. The molecule has 1 aliphatic heterocycles. The van der Waals surface area contributed by atoms with Gasteiger partial charge in [-0.2, -0.15) is 0 Å². The van der Waals surface area contributed by atoms with Crippen molar-refractivity contribution in [2.24, 2.45) is 0 Å². The van der Waals surface area contributed by atoms with Crippen LogP contribution in [0.2, 0.25) is 5.02 Å². The molecule has 1 heterocycles. The van der Waals surface area contributed by atoms with E-state index < -0.39 is 11.7 Å². The smallest absolute Gasteiger partial charge is 0.0794 e. The number of aliphatic hydroxyl groups is 2. The Balaban J connectivity index is 2.21. The molecule has 0 amide bonds. The van der Waals surface area contributed by atoms with E-state index >= 15 is 0 Å². The Morgan fingerprint density at radius 2 is 2.17 bits per heavy atom. The standard InChI is InChI=1S/C14H20ClNO2/c1-10(17)12-5-4-11(8-13(12)15)16-7-3-6-14(2,18)9-16/h4-5,8,10,17-18H,3,6-7,9H2,1-2H3. The van der Waals surface area contributed by atoms with Crippen LogP contribution in [0.4, 0.5) is 5.69 Å². The summed E-state index contributed by atoms with van der Waals surface area (Å²) in [4.78, 5) is 2.14. The van der Waals surface area contributed by atoms with Gasteiger partial charge in [-0.1, -0.05) is 17.7 Å². The highest BCUT2D eigenvalue weighted by atomic mass is 35.5. The molecule has 0 bridgehead atoms. The van der Waals surface area contributed by atoms with Gasteiger partial charge in [-0.3, -0.25) is 0 Å². The van der Waals surface area contributed by atoms with Crippen molar-refractivity contribution in [1.29, 1.82) is 0 Å². The Hall–Kier alpha value is -0.770. The van der Waals surface area contributed by atoms with Crippen LogP contribution in [0.15, 0.2) is 18.2 Å². The van der Waals surface area contributed by atoms with Gasteiger partial charge in [0.25, 0.3) is 0 Å². The fourth-order valence-corrected chi connectivity index (χ4v) is 2.82. The number of piperidine rings is 1. The maximum absolute atomic E-state index is 10.1. The van der Waals surface area contributed by atoms with E-state index in [9.17, 15) is 10.2 Å². The van der Waals surface area contributed by atoms with E-state index in [1.807, 2.05) is 25.1 Å². The summed E-state index contributed by atoms with van der Waals surface area (Å²) < 4.78 is 0. The molecule has 1 aliphatic rings.